The molecule has 1 aromatic carbocycles. The van der Waals surface area contributed by atoms with Crippen molar-refractivity contribution < 1.29 is 30.1 Å². The Morgan fingerprint density at radius 3 is 0.889 bits per heavy atom. The fourth-order valence-electron chi connectivity index (χ4n) is 1.19. The average molecular weight is 261 g/mol. The molecule has 0 aromatic heterocycles. The molecule has 96 valence electrons. The minimum Gasteiger partial charge on any atom is -0.497 e. The molecule has 0 amide bonds. The van der Waals surface area contributed by atoms with Crippen LogP contribution in [0.5, 0.6) is 17.2 Å². The zero-order chi connectivity index (χ0) is 14.2. The average Bonchev–Trinajstić information content (AvgIpc) is 2.14. The molecular formula is C6H3N3O9. The first-order chi connectivity index (χ1) is 8.20. The maximum atomic E-state index is 10.5. The van der Waals surface area contributed by atoms with Crippen LogP contribution in [0.1, 0.15) is 0 Å². The molecule has 0 bridgehead atoms. The molecule has 0 fully saturated rings. The first-order valence-corrected chi connectivity index (χ1v) is 3.94. The summed E-state index contributed by atoms with van der Waals surface area (Å²) < 4.78 is 0. The van der Waals surface area contributed by atoms with Gasteiger partial charge in [0.2, 0.25) is 0 Å². The quantitative estimate of drug-likeness (QED) is 0.514. The highest BCUT2D eigenvalue weighted by atomic mass is 16.6. The summed E-state index contributed by atoms with van der Waals surface area (Å²) in [6.45, 7) is 0. The largest absolute Gasteiger partial charge is 0.497 e. The van der Waals surface area contributed by atoms with Crippen molar-refractivity contribution in [2.24, 2.45) is 0 Å². The maximum Gasteiger partial charge on any atom is 0.366 e. The van der Waals surface area contributed by atoms with E-state index in [0.717, 1.165) is 0 Å². The van der Waals surface area contributed by atoms with E-state index in [4.69, 9.17) is 0 Å². The third kappa shape index (κ3) is 1.66. The second kappa shape index (κ2) is 4.00. The van der Waals surface area contributed by atoms with Gasteiger partial charge in [-0.15, -0.1) is 0 Å². The minimum atomic E-state index is -1.68. The van der Waals surface area contributed by atoms with Crippen LogP contribution in [0.25, 0.3) is 0 Å². The number of hydrogen-bond acceptors (Lipinski definition) is 9. The summed E-state index contributed by atoms with van der Waals surface area (Å²) in [5, 5.41) is 58.9. The van der Waals surface area contributed by atoms with Gasteiger partial charge in [0, 0.05) is 0 Å². The molecule has 0 aliphatic heterocycles. The fraction of sp³-hybridized carbons (Fsp3) is 0. The predicted molar refractivity (Wildman–Crippen MR) is 51.4 cm³/mol. The van der Waals surface area contributed by atoms with Gasteiger partial charge < -0.3 is 15.3 Å². The molecule has 0 aliphatic carbocycles. The van der Waals surface area contributed by atoms with Gasteiger partial charge in [-0.2, -0.15) is 0 Å². The molecule has 18 heavy (non-hydrogen) atoms. The number of nitro benzene ring substituents is 3. The van der Waals surface area contributed by atoms with Crippen molar-refractivity contribution in [3.8, 4) is 17.2 Å². The molecule has 0 saturated carbocycles. The highest BCUT2D eigenvalue weighted by Crippen LogP contribution is 2.54. The van der Waals surface area contributed by atoms with Crippen molar-refractivity contribution in [3.63, 3.8) is 0 Å². The van der Waals surface area contributed by atoms with E-state index < -0.39 is 49.1 Å². The molecule has 0 radical (unpaired) electrons. The Hall–Kier alpha value is -3.18. The van der Waals surface area contributed by atoms with Gasteiger partial charge in [0.25, 0.3) is 17.2 Å². The van der Waals surface area contributed by atoms with Gasteiger partial charge >= 0.3 is 17.1 Å². The molecule has 12 nitrogen and oxygen atoms in total. The zero-order valence-corrected chi connectivity index (χ0v) is 8.13. The van der Waals surface area contributed by atoms with E-state index in [0.29, 0.717) is 0 Å². The number of benzene rings is 1. The lowest BCUT2D eigenvalue weighted by molar-refractivity contribution is -0.407. The van der Waals surface area contributed by atoms with Crippen LogP contribution in [0, 0.1) is 30.3 Å². The molecular weight excluding hydrogens is 258 g/mol. The van der Waals surface area contributed by atoms with E-state index in [1.54, 1.807) is 0 Å². The van der Waals surface area contributed by atoms with Crippen LogP contribution in [0.4, 0.5) is 17.1 Å². The molecule has 0 atom stereocenters. The summed E-state index contributed by atoms with van der Waals surface area (Å²) >= 11 is 0. The van der Waals surface area contributed by atoms with Crippen LogP contribution in [-0.4, -0.2) is 30.1 Å². The van der Waals surface area contributed by atoms with Crippen molar-refractivity contribution in [1.29, 1.82) is 0 Å². The third-order valence-corrected chi connectivity index (χ3v) is 1.89. The summed E-state index contributed by atoms with van der Waals surface area (Å²) in [4.78, 5) is 27.0. The number of phenolic OH excluding ortho intramolecular Hbond substituents is 3. The van der Waals surface area contributed by atoms with E-state index >= 15 is 0 Å². The maximum absolute atomic E-state index is 10.5. The molecule has 0 heterocycles. The summed E-state index contributed by atoms with van der Waals surface area (Å²) in [6.07, 6.45) is 0. The van der Waals surface area contributed by atoms with Crippen LogP contribution < -0.4 is 0 Å². The van der Waals surface area contributed by atoms with Gasteiger partial charge in [-0.1, -0.05) is 0 Å². The van der Waals surface area contributed by atoms with E-state index in [-0.39, 0.29) is 0 Å². The summed E-state index contributed by atoms with van der Waals surface area (Å²) in [6, 6.07) is 0. The molecule has 0 aliphatic rings. The third-order valence-electron chi connectivity index (χ3n) is 1.89. The zero-order valence-electron chi connectivity index (χ0n) is 8.13. The number of aromatic hydroxyl groups is 3. The predicted octanol–water partition coefficient (Wildman–Crippen LogP) is 0.528. The molecule has 0 saturated heterocycles. The number of nitrogens with zero attached hydrogens (tertiary/aromatic N) is 3. The molecule has 12 heteroatoms. The van der Waals surface area contributed by atoms with E-state index in [9.17, 15) is 45.7 Å². The summed E-state index contributed by atoms with van der Waals surface area (Å²) in [7, 11) is 0. The topological polar surface area (TPSA) is 190 Å². The Labute approximate surface area is 95.8 Å². The lowest BCUT2D eigenvalue weighted by Gasteiger charge is -2.03. The van der Waals surface area contributed by atoms with Gasteiger partial charge in [0.15, 0.2) is 0 Å². The van der Waals surface area contributed by atoms with Crippen LogP contribution in [0.15, 0.2) is 0 Å². The van der Waals surface area contributed by atoms with Gasteiger partial charge in [-0.3, -0.25) is 30.3 Å². The van der Waals surface area contributed by atoms with E-state index in [1.807, 2.05) is 0 Å². The molecule has 0 unspecified atom stereocenters. The normalized spacial score (nSPS) is 10.0. The fourth-order valence-corrected chi connectivity index (χ4v) is 1.19. The molecule has 1 aromatic rings. The minimum absolute atomic E-state index is 1.45. The second-order valence-corrected chi connectivity index (χ2v) is 2.86. The summed E-state index contributed by atoms with van der Waals surface area (Å²) in [5.41, 5.74) is -4.90. The number of nitro groups is 3. The Bertz CT molecular complexity index is 478. The second-order valence-electron chi connectivity index (χ2n) is 2.86. The lowest BCUT2D eigenvalue weighted by atomic mass is 10.2. The first kappa shape index (κ1) is 12.9. The van der Waals surface area contributed by atoms with E-state index in [1.165, 1.54) is 0 Å². The highest BCUT2D eigenvalue weighted by Gasteiger charge is 2.43. The smallest absolute Gasteiger partial charge is 0.366 e. The Balaban J connectivity index is 3.94. The Kier molecular flexibility index (Phi) is 2.87. The first-order valence-electron chi connectivity index (χ1n) is 3.94. The van der Waals surface area contributed by atoms with Gasteiger partial charge in [0.1, 0.15) is 0 Å². The standard InChI is InChI=1S/C6H3N3O9/c10-4-1(7(13)14)5(11)3(9(17)18)6(12)2(4)8(15)16/h10-12H. The van der Waals surface area contributed by atoms with Crippen molar-refractivity contribution in [3.05, 3.63) is 30.3 Å². The summed E-state index contributed by atoms with van der Waals surface area (Å²) in [5.74, 6) is -5.03. The molecule has 1 rings (SSSR count). The SMILES string of the molecule is O=[N+]([O-])c1c(O)c([N+](=O)[O-])c(O)c([N+](=O)[O-])c1O. The van der Waals surface area contributed by atoms with Gasteiger partial charge in [0.05, 0.1) is 14.8 Å². The van der Waals surface area contributed by atoms with Crippen molar-refractivity contribution in [1.82, 2.24) is 0 Å². The molecule has 3 N–H and O–H groups in total. The van der Waals surface area contributed by atoms with Gasteiger partial charge in [-0.05, 0) is 0 Å². The molecule has 0 spiro atoms. The highest BCUT2D eigenvalue weighted by molar-refractivity contribution is 5.80. The van der Waals surface area contributed by atoms with Gasteiger partial charge in [-0.25, -0.2) is 0 Å². The lowest BCUT2D eigenvalue weighted by Crippen LogP contribution is -1.99. The Morgan fingerprint density at radius 2 is 0.778 bits per heavy atom. The Morgan fingerprint density at radius 1 is 0.611 bits per heavy atom. The van der Waals surface area contributed by atoms with Crippen molar-refractivity contribution >= 4 is 17.1 Å². The number of rotatable bonds is 3. The van der Waals surface area contributed by atoms with E-state index in [2.05, 4.69) is 0 Å². The number of hydrogen-bond donors (Lipinski definition) is 3. The van der Waals surface area contributed by atoms with Crippen LogP contribution in [-0.2, 0) is 0 Å². The van der Waals surface area contributed by atoms with Crippen LogP contribution in [0.2, 0.25) is 0 Å². The van der Waals surface area contributed by atoms with Crippen LogP contribution >= 0.6 is 0 Å². The van der Waals surface area contributed by atoms with Crippen molar-refractivity contribution in [2.45, 2.75) is 0 Å². The van der Waals surface area contributed by atoms with Crippen molar-refractivity contribution in [2.75, 3.05) is 0 Å². The van der Waals surface area contributed by atoms with Crippen LogP contribution in [0.3, 0.4) is 0 Å². The number of phenols is 3. The monoisotopic (exact) mass is 261 g/mol.